The molecule has 7 heteroatoms. The molecule has 1 aliphatic rings. The molecule has 1 saturated heterocycles. The molecule has 0 saturated carbocycles. The first kappa shape index (κ1) is 17.9. The lowest BCUT2D eigenvalue weighted by Gasteiger charge is -2.23. The van der Waals surface area contributed by atoms with Gasteiger partial charge in [-0.3, -0.25) is 9.69 Å². The monoisotopic (exact) mass is 358 g/mol. The maximum atomic E-state index is 13.7. The molecule has 1 fully saturated rings. The number of benzene rings is 2. The minimum absolute atomic E-state index is 0.0109. The van der Waals surface area contributed by atoms with Crippen molar-refractivity contribution in [1.29, 1.82) is 0 Å². The summed E-state index contributed by atoms with van der Waals surface area (Å²) in [6.45, 7) is 0.0525. The van der Waals surface area contributed by atoms with Crippen molar-refractivity contribution in [2.45, 2.75) is 25.2 Å². The average Bonchev–Trinajstić information content (AvgIpc) is 3.04. The second-order valence-corrected chi connectivity index (χ2v) is 6.07. The second kappa shape index (κ2) is 7.97. The molecule has 6 nitrogen and oxygen atoms in total. The molecule has 0 aliphatic carbocycles. The Morgan fingerprint density at radius 1 is 1.15 bits per heavy atom. The molecule has 1 heterocycles. The molecule has 0 bridgehead atoms. The molecule has 0 radical (unpaired) electrons. The van der Waals surface area contributed by atoms with Crippen LogP contribution >= 0.6 is 0 Å². The van der Waals surface area contributed by atoms with Crippen LogP contribution in [0.25, 0.3) is 0 Å². The normalized spacial score (nSPS) is 19.2. The molecule has 2 amide bonds. The van der Waals surface area contributed by atoms with E-state index in [0.29, 0.717) is 0 Å². The number of nitrogens with one attached hydrogen (secondary N) is 1. The van der Waals surface area contributed by atoms with E-state index in [1.807, 2.05) is 30.3 Å². The number of hydrogen-bond donors (Lipinski definition) is 2. The third-order valence-electron chi connectivity index (χ3n) is 4.15. The van der Waals surface area contributed by atoms with E-state index < -0.39 is 30.0 Å². The number of likely N-dealkylation sites (tertiary alicyclic amines) is 1. The average molecular weight is 358 g/mol. The van der Waals surface area contributed by atoms with Gasteiger partial charge in [0.25, 0.3) is 0 Å². The maximum Gasteiger partial charge on any atom is 0.410 e. The van der Waals surface area contributed by atoms with Crippen LogP contribution in [0.1, 0.15) is 12.0 Å². The molecule has 2 aromatic rings. The van der Waals surface area contributed by atoms with E-state index in [-0.39, 0.29) is 25.3 Å². The first-order valence-electron chi connectivity index (χ1n) is 8.25. The fourth-order valence-corrected chi connectivity index (χ4v) is 2.84. The third kappa shape index (κ3) is 4.18. The van der Waals surface area contributed by atoms with Gasteiger partial charge in [0, 0.05) is 6.42 Å². The van der Waals surface area contributed by atoms with Crippen molar-refractivity contribution in [2.24, 2.45) is 0 Å². The fraction of sp³-hybridized carbons (Fsp3) is 0.263. The highest BCUT2D eigenvalue weighted by Gasteiger charge is 2.40. The molecule has 2 aromatic carbocycles. The van der Waals surface area contributed by atoms with Crippen LogP contribution in [0.3, 0.4) is 0 Å². The Bertz CT molecular complexity index is 784. The van der Waals surface area contributed by atoms with Gasteiger partial charge in [-0.15, -0.1) is 0 Å². The number of amides is 2. The van der Waals surface area contributed by atoms with Gasteiger partial charge in [0.05, 0.1) is 18.3 Å². The second-order valence-electron chi connectivity index (χ2n) is 6.07. The van der Waals surface area contributed by atoms with Crippen LogP contribution in [0.2, 0.25) is 0 Å². The van der Waals surface area contributed by atoms with Gasteiger partial charge in [-0.2, -0.15) is 0 Å². The molecule has 0 unspecified atom stereocenters. The first-order chi connectivity index (χ1) is 12.5. The Kier molecular flexibility index (Phi) is 5.48. The maximum absolute atomic E-state index is 13.7. The van der Waals surface area contributed by atoms with Gasteiger partial charge in [-0.05, 0) is 17.7 Å². The molecule has 0 spiro atoms. The van der Waals surface area contributed by atoms with E-state index in [2.05, 4.69) is 5.32 Å². The van der Waals surface area contributed by atoms with Crippen LogP contribution in [-0.4, -0.2) is 40.7 Å². The number of β-amino-alcohol motifs (C(OH)–C–C–N with tert-alkyl or cyclic N) is 1. The molecule has 1 aliphatic heterocycles. The van der Waals surface area contributed by atoms with E-state index in [1.54, 1.807) is 6.07 Å². The van der Waals surface area contributed by atoms with Gasteiger partial charge in [0.15, 0.2) is 0 Å². The highest BCUT2D eigenvalue weighted by atomic mass is 19.1. The summed E-state index contributed by atoms with van der Waals surface area (Å²) in [5.74, 6) is -1.14. The fourth-order valence-electron chi connectivity index (χ4n) is 2.84. The van der Waals surface area contributed by atoms with E-state index in [9.17, 15) is 19.1 Å². The number of rotatable bonds is 4. The summed E-state index contributed by atoms with van der Waals surface area (Å²) < 4.78 is 18.9. The van der Waals surface area contributed by atoms with Gasteiger partial charge in [-0.1, -0.05) is 42.5 Å². The van der Waals surface area contributed by atoms with Gasteiger partial charge >= 0.3 is 6.09 Å². The Hall–Kier alpha value is -2.93. The molecule has 136 valence electrons. The lowest BCUT2D eigenvalue weighted by molar-refractivity contribution is -0.120. The Balaban J connectivity index is 1.65. The predicted molar refractivity (Wildman–Crippen MR) is 92.8 cm³/mol. The number of para-hydroxylation sites is 1. The van der Waals surface area contributed by atoms with Gasteiger partial charge in [0.2, 0.25) is 5.91 Å². The largest absolute Gasteiger partial charge is 0.445 e. The van der Waals surface area contributed by atoms with Crippen molar-refractivity contribution in [1.82, 2.24) is 4.90 Å². The quantitative estimate of drug-likeness (QED) is 0.880. The van der Waals surface area contributed by atoms with Gasteiger partial charge in [0.1, 0.15) is 18.5 Å². The highest BCUT2D eigenvalue weighted by molar-refractivity contribution is 5.97. The van der Waals surface area contributed by atoms with Crippen LogP contribution in [0.5, 0.6) is 0 Å². The van der Waals surface area contributed by atoms with Crippen LogP contribution in [0.4, 0.5) is 14.9 Å². The number of aliphatic hydroxyl groups excluding tert-OH is 1. The number of aliphatic hydroxyl groups is 1. The highest BCUT2D eigenvalue weighted by Crippen LogP contribution is 2.22. The number of carbonyl (C=O) groups is 2. The van der Waals surface area contributed by atoms with Crippen molar-refractivity contribution >= 4 is 17.7 Å². The lowest BCUT2D eigenvalue weighted by atomic mass is 10.2. The summed E-state index contributed by atoms with van der Waals surface area (Å²) in [6.07, 6.45) is -1.46. The molecule has 26 heavy (non-hydrogen) atoms. The lowest BCUT2D eigenvalue weighted by Crippen LogP contribution is -2.43. The predicted octanol–water partition coefficient (Wildman–Crippen LogP) is 2.54. The van der Waals surface area contributed by atoms with Crippen molar-refractivity contribution in [3.05, 3.63) is 66.0 Å². The van der Waals surface area contributed by atoms with Crippen molar-refractivity contribution in [3.8, 4) is 0 Å². The number of nitrogens with zero attached hydrogens (tertiary/aromatic N) is 1. The summed E-state index contributed by atoms with van der Waals surface area (Å²) in [7, 11) is 0. The van der Waals surface area contributed by atoms with Crippen molar-refractivity contribution in [2.75, 3.05) is 11.9 Å². The molecule has 3 rings (SSSR count). The summed E-state index contributed by atoms with van der Waals surface area (Å²) in [5, 5.41) is 12.3. The molecule has 0 aromatic heterocycles. The minimum Gasteiger partial charge on any atom is -0.445 e. The van der Waals surface area contributed by atoms with E-state index in [4.69, 9.17) is 4.74 Å². The molecule has 2 atom stereocenters. The van der Waals surface area contributed by atoms with E-state index in [0.717, 1.165) is 5.56 Å². The standard InChI is InChI=1S/C19H19FN2O4/c20-15-8-4-5-9-16(15)21-18(24)17-10-14(23)11-22(17)19(25)26-12-13-6-2-1-3-7-13/h1-9,14,17,23H,10-12H2,(H,21,24)/t14-,17+/m1/s1. The van der Waals surface area contributed by atoms with E-state index >= 15 is 0 Å². The first-order valence-corrected chi connectivity index (χ1v) is 8.25. The Morgan fingerprint density at radius 2 is 1.85 bits per heavy atom. The minimum atomic E-state index is -0.923. The molecular formula is C19H19FN2O4. The summed E-state index contributed by atoms with van der Waals surface area (Å²) in [6, 6.07) is 14.0. The van der Waals surface area contributed by atoms with Crippen LogP contribution in [0.15, 0.2) is 54.6 Å². The SMILES string of the molecule is O=C(Nc1ccccc1F)[C@@H]1C[C@@H](O)CN1C(=O)OCc1ccccc1. The van der Waals surface area contributed by atoms with Gasteiger partial charge in [-0.25, -0.2) is 9.18 Å². The summed E-state index contributed by atoms with van der Waals surface area (Å²) in [5.41, 5.74) is 0.837. The van der Waals surface area contributed by atoms with Crippen LogP contribution in [-0.2, 0) is 16.1 Å². The number of halogens is 1. The summed E-state index contributed by atoms with van der Waals surface area (Å²) >= 11 is 0. The zero-order valence-electron chi connectivity index (χ0n) is 14.0. The number of anilines is 1. The van der Waals surface area contributed by atoms with Crippen molar-refractivity contribution in [3.63, 3.8) is 0 Å². The Labute approximate surface area is 150 Å². The molecule has 2 N–H and O–H groups in total. The topological polar surface area (TPSA) is 78.9 Å². The zero-order chi connectivity index (χ0) is 18.5. The van der Waals surface area contributed by atoms with Crippen molar-refractivity contribution < 1.29 is 23.8 Å². The van der Waals surface area contributed by atoms with Crippen LogP contribution < -0.4 is 5.32 Å². The number of hydrogen-bond acceptors (Lipinski definition) is 4. The summed E-state index contributed by atoms with van der Waals surface area (Å²) in [4.78, 5) is 26.0. The van der Waals surface area contributed by atoms with Crippen LogP contribution in [0, 0.1) is 5.82 Å². The Morgan fingerprint density at radius 3 is 2.58 bits per heavy atom. The van der Waals surface area contributed by atoms with E-state index in [1.165, 1.54) is 23.1 Å². The third-order valence-corrected chi connectivity index (χ3v) is 4.15. The number of carbonyl (C=O) groups excluding carboxylic acids is 2. The van der Waals surface area contributed by atoms with Gasteiger partial charge < -0.3 is 15.2 Å². The smallest absolute Gasteiger partial charge is 0.410 e. The number of ether oxygens (including phenoxy) is 1. The zero-order valence-corrected chi connectivity index (χ0v) is 14.0. The molecular weight excluding hydrogens is 339 g/mol.